The van der Waals surface area contributed by atoms with E-state index in [0.717, 1.165) is 55.9 Å². The van der Waals surface area contributed by atoms with E-state index in [-0.39, 0.29) is 29.3 Å². The number of urea groups is 1. The first-order chi connectivity index (χ1) is 23.6. The summed E-state index contributed by atoms with van der Waals surface area (Å²) in [6, 6.07) is 11.1. The average Bonchev–Trinajstić information content (AvgIpc) is 3.18. The maximum atomic E-state index is 14.4. The highest BCUT2D eigenvalue weighted by atomic mass is 35.5. The van der Waals surface area contributed by atoms with Gasteiger partial charge in [0.1, 0.15) is 15.7 Å². The first-order valence-corrected chi connectivity index (χ1v) is 19.5. The molecule has 2 bridgehead atoms. The van der Waals surface area contributed by atoms with Gasteiger partial charge >= 0.3 is 6.03 Å². The number of carbonyl (C=O) groups excluding carboxylic acids is 2. The lowest BCUT2D eigenvalue weighted by molar-refractivity contribution is -0.00645. The maximum Gasteiger partial charge on any atom is 0.330 e. The molecule has 1 saturated heterocycles. The third-order valence-corrected chi connectivity index (χ3v) is 13.4. The molecule has 1 unspecified atom stereocenters. The fraction of sp³-hybridized carbons (Fsp3) is 0.568. The Labute approximate surface area is 294 Å². The van der Waals surface area contributed by atoms with Crippen LogP contribution in [0.4, 0.5) is 10.5 Å². The Morgan fingerprint density at radius 2 is 1.96 bits per heavy atom. The first kappa shape index (κ1) is 34.3. The van der Waals surface area contributed by atoms with Crippen LogP contribution in [0.3, 0.4) is 0 Å². The molecule has 3 amide bonds. The van der Waals surface area contributed by atoms with E-state index < -0.39 is 21.9 Å². The number of anilines is 1. The summed E-state index contributed by atoms with van der Waals surface area (Å²) in [7, 11) is -0.0995. The molecule has 0 aromatic heterocycles. The molecule has 2 aromatic rings. The minimum absolute atomic E-state index is 0.0339. The molecule has 1 saturated carbocycles. The fourth-order valence-corrected chi connectivity index (χ4v) is 10.4. The van der Waals surface area contributed by atoms with Gasteiger partial charge in [-0.2, -0.15) is 0 Å². The summed E-state index contributed by atoms with van der Waals surface area (Å²) in [5.74, 6) is 0.745. The molecule has 49 heavy (non-hydrogen) atoms. The predicted octanol–water partition coefficient (Wildman–Crippen LogP) is 6.01. The molecule has 1 N–H and O–H groups in total. The van der Waals surface area contributed by atoms with Gasteiger partial charge in [0.2, 0.25) is 0 Å². The second kappa shape index (κ2) is 13.9. The molecule has 12 heteroatoms. The number of nitrogens with zero attached hydrogens (tertiary/aromatic N) is 3. The molecular weight excluding hydrogens is 664 g/mol. The Kier molecular flexibility index (Phi) is 9.73. The van der Waals surface area contributed by atoms with Gasteiger partial charge in [-0.3, -0.25) is 9.52 Å². The number of amides is 3. The van der Waals surface area contributed by atoms with E-state index in [2.05, 4.69) is 38.3 Å². The van der Waals surface area contributed by atoms with Crippen molar-refractivity contribution in [3.05, 3.63) is 70.3 Å². The van der Waals surface area contributed by atoms with E-state index in [4.69, 9.17) is 25.8 Å². The van der Waals surface area contributed by atoms with Crippen LogP contribution in [0.15, 0.2) is 52.9 Å². The highest BCUT2D eigenvalue weighted by molar-refractivity contribution is 7.92. The Hall–Kier alpha value is -3.12. The molecule has 2 aliphatic carbocycles. The van der Waals surface area contributed by atoms with Gasteiger partial charge in [0.15, 0.2) is 0 Å². The third-order valence-electron chi connectivity index (χ3n) is 11.2. The van der Waals surface area contributed by atoms with E-state index in [9.17, 15) is 13.8 Å². The minimum Gasteiger partial charge on any atom is -0.490 e. The van der Waals surface area contributed by atoms with Gasteiger partial charge in [-0.15, -0.1) is 4.36 Å². The monoisotopic (exact) mass is 710 g/mol. The van der Waals surface area contributed by atoms with Crippen LogP contribution in [0.1, 0.15) is 60.5 Å². The zero-order chi connectivity index (χ0) is 34.3. The normalized spacial score (nSPS) is 32.4. The van der Waals surface area contributed by atoms with Crippen molar-refractivity contribution < 1.29 is 28.0 Å². The number of allylic oxidation sites excluding steroid dienone is 1. The number of halogens is 1. The van der Waals surface area contributed by atoms with Crippen LogP contribution < -0.4 is 14.4 Å². The number of likely N-dealkylation sites (tertiary alicyclic amines) is 1. The Morgan fingerprint density at radius 3 is 2.71 bits per heavy atom. The van der Waals surface area contributed by atoms with Crippen molar-refractivity contribution in [2.24, 2.45) is 22.1 Å². The summed E-state index contributed by atoms with van der Waals surface area (Å²) in [4.78, 5) is 31.0. The number of aryl methyl sites for hydroxylation is 1. The highest BCUT2D eigenvalue weighted by Crippen LogP contribution is 2.47. The summed E-state index contributed by atoms with van der Waals surface area (Å²) in [6.45, 7) is 4.77. The van der Waals surface area contributed by atoms with Gasteiger partial charge in [0.25, 0.3) is 5.91 Å². The van der Waals surface area contributed by atoms with Crippen molar-refractivity contribution in [3.63, 3.8) is 0 Å². The number of methoxy groups -OCH3 is 2. The lowest BCUT2D eigenvalue weighted by atomic mass is 9.68. The van der Waals surface area contributed by atoms with E-state index in [0.29, 0.717) is 49.3 Å². The third kappa shape index (κ3) is 6.96. The smallest absolute Gasteiger partial charge is 0.330 e. The molecule has 7 rings (SSSR count). The molecule has 2 fully saturated rings. The van der Waals surface area contributed by atoms with Crippen molar-refractivity contribution in [2.75, 3.05) is 57.7 Å². The highest BCUT2D eigenvalue weighted by Gasteiger charge is 2.44. The zero-order valence-corrected chi connectivity index (χ0v) is 30.1. The maximum absolute atomic E-state index is 14.4. The van der Waals surface area contributed by atoms with Crippen LogP contribution >= 0.6 is 11.6 Å². The largest absolute Gasteiger partial charge is 0.490 e. The van der Waals surface area contributed by atoms with Crippen molar-refractivity contribution >= 4 is 39.1 Å². The molecular formula is C37H47ClN4O6S. The minimum atomic E-state index is -3.47. The lowest BCUT2D eigenvalue weighted by Gasteiger charge is -2.46. The second-order valence-electron chi connectivity index (χ2n) is 14.6. The van der Waals surface area contributed by atoms with E-state index in [1.807, 2.05) is 25.1 Å². The van der Waals surface area contributed by atoms with Crippen LogP contribution in [0.2, 0.25) is 5.02 Å². The average molecular weight is 711 g/mol. The fourth-order valence-electron chi connectivity index (χ4n) is 8.32. The molecule has 3 heterocycles. The van der Waals surface area contributed by atoms with E-state index in [1.54, 1.807) is 20.3 Å². The first-order valence-electron chi connectivity index (χ1n) is 17.5. The molecule has 0 radical (unpaired) electrons. The number of ether oxygens (including phenoxy) is 3. The van der Waals surface area contributed by atoms with Crippen LogP contribution in [0.5, 0.6) is 5.75 Å². The van der Waals surface area contributed by atoms with Crippen molar-refractivity contribution in [1.29, 1.82) is 0 Å². The SMILES string of the molecule is COC1CN(C(=O)NS2(=O)=NC(=O)c3ccc4c(c3)N(C[C@@H]3CC[C@H]3[C@@H](OC)/C=C\C[C@H](C)C2)C[C@@]2(CCCc3cc(Cl)ccc32)CO4)C1. The van der Waals surface area contributed by atoms with Gasteiger partial charge in [0.05, 0.1) is 43.3 Å². The van der Waals surface area contributed by atoms with Crippen molar-refractivity contribution in [1.82, 2.24) is 9.62 Å². The number of hydrogen-bond donors (Lipinski definition) is 1. The van der Waals surface area contributed by atoms with Crippen LogP contribution in [0, 0.1) is 17.8 Å². The van der Waals surface area contributed by atoms with E-state index in [1.165, 1.54) is 16.0 Å². The number of fused-ring (bicyclic) bond motifs is 4. The van der Waals surface area contributed by atoms with Crippen molar-refractivity contribution in [2.45, 2.75) is 63.1 Å². The van der Waals surface area contributed by atoms with Gasteiger partial charge < -0.3 is 24.0 Å². The number of benzene rings is 2. The molecule has 6 atom stereocenters. The topological polar surface area (TPSA) is 110 Å². The number of rotatable bonds is 3. The van der Waals surface area contributed by atoms with Gasteiger partial charge in [-0.1, -0.05) is 36.7 Å². The summed E-state index contributed by atoms with van der Waals surface area (Å²) < 4.78 is 39.3. The van der Waals surface area contributed by atoms with Gasteiger partial charge in [0, 0.05) is 43.3 Å². The van der Waals surface area contributed by atoms with Crippen LogP contribution in [0.25, 0.3) is 0 Å². The molecule has 5 aliphatic rings. The molecule has 264 valence electrons. The number of carbonyl (C=O) groups is 2. The lowest BCUT2D eigenvalue weighted by Crippen LogP contribution is -2.58. The molecule has 10 nitrogen and oxygen atoms in total. The molecule has 2 aromatic carbocycles. The van der Waals surface area contributed by atoms with Crippen LogP contribution in [-0.4, -0.2) is 86.0 Å². The van der Waals surface area contributed by atoms with Gasteiger partial charge in [-0.05, 0) is 97.7 Å². The van der Waals surface area contributed by atoms with E-state index >= 15 is 0 Å². The quantitative estimate of drug-likeness (QED) is 0.389. The summed E-state index contributed by atoms with van der Waals surface area (Å²) in [6.07, 6.45) is 9.89. The number of hydrogen-bond acceptors (Lipinski definition) is 7. The Morgan fingerprint density at radius 1 is 1.12 bits per heavy atom. The summed E-state index contributed by atoms with van der Waals surface area (Å²) >= 11 is 6.45. The second-order valence-corrected chi connectivity index (χ2v) is 17.1. The Balaban J connectivity index is 1.28. The van der Waals surface area contributed by atoms with Gasteiger partial charge in [-0.25, -0.2) is 9.00 Å². The summed E-state index contributed by atoms with van der Waals surface area (Å²) in [5.41, 5.74) is 3.44. The van der Waals surface area contributed by atoms with Crippen LogP contribution in [-0.2, 0) is 31.2 Å². The predicted molar refractivity (Wildman–Crippen MR) is 191 cm³/mol. The molecule has 3 aliphatic heterocycles. The summed E-state index contributed by atoms with van der Waals surface area (Å²) in [5, 5.41) is 0.743. The standard InChI is InChI=1S/C37H47ClN4O6S/c1-24-6-4-8-33(47-3)30-12-9-27(30)18-42-22-37(15-5-7-25-16-28(38)11-13-31(25)37)23-48-34-14-10-26(17-32(34)42)35(43)39-49(45,21-24)40-36(44)41-19-29(20-41)46-2/h4,8,10-11,13-14,16-17,24,27,29-30,33H,5-7,9,12,15,18-23H2,1-3H3,(H,39,40,43,44,45)/b8-4-/t24-,27-,30+,33-,37-,49?/m0/s1. The van der Waals surface area contributed by atoms with Crippen molar-refractivity contribution in [3.8, 4) is 5.75 Å². The molecule has 1 spiro atoms. The Bertz CT molecular complexity index is 1750. The zero-order valence-electron chi connectivity index (χ0n) is 28.6. The number of nitrogens with one attached hydrogen (secondary N) is 1.